The van der Waals surface area contributed by atoms with Crippen LogP contribution < -0.4 is 10.6 Å². The van der Waals surface area contributed by atoms with Crippen molar-refractivity contribution in [2.24, 2.45) is 4.99 Å². The van der Waals surface area contributed by atoms with Gasteiger partial charge in [0.1, 0.15) is 5.82 Å². The van der Waals surface area contributed by atoms with E-state index >= 15 is 0 Å². The summed E-state index contributed by atoms with van der Waals surface area (Å²) in [4.78, 5) is 6.96. The molecule has 0 bridgehead atoms. The number of hydrogen-bond donors (Lipinski definition) is 2. The van der Waals surface area contributed by atoms with E-state index in [4.69, 9.17) is 0 Å². The fourth-order valence-corrected chi connectivity index (χ4v) is 4.33. The van der Waals surface area contributed by atoms with E-state index in [2.05, 4.69) is 62.9 Å². The number of hydrogen-bond acceptors (Lipinski definition) is 3. The molecular formula is C26H33FN6. The van der Waals surface area contributed by atoms with Gasteiger partial charge in [-0.2, -0.15) is 5.10 Å². The van der Waals surface area contributed by atoms with Crippen LogP contribution in [0.2, 0.25) is 0 Å². The lowest BCUT2D eigenvalue weighted by Crippen LogP contribution is -2.51. The Hall–Kier alpha value is -3.19. The Morgan fingerprint density at radius 3 is 2.64 bits per heavy atom. The zero-order valence-electron chi connectivity index (χ0n) is 19.4. The van der Waals surface area contributed by atoms with Crippen LogP contribution in [0.3, 0.4) is 0 Å². The molecule has 1 aromatic heterocycles. The van der Waals surface area contributed by atoms with Gasteiger partial charge >= 0.3 is 0 Å². The van der Waals surface area contributed by atoms with Gasteiger partial charge in [-0.15, -0.1) is 0 Å². The van der Waals surface area contributed by atoms with Gasteiger partial charge in [-0.3, -0.25) is 9.89 Å². The summed E-state index contributed by atoms with van der Waals surface area (Å²) < 4.78 is 14.9. The minimum absolute atomic E-state index is 0.245. The van der Waals surface area contributed by atoms with Crippen LogP contribution in [0.15, 0.2) is 71.9 Å². The summed E-state index contributed by atoms with van der Waals surface area (Å²) in [5.74, 6) is 0.590. The van der Waals surface area contributed by atoms with Crippen molar-refractivity contribution >= 4 is 5.96 Å². The van der Waals surface area contributed by atoms with Gasteiger partial charge in [0, 0.05) is 51.4 Å². The van der Waals surface area contributed by atoms with E-state index in [0.717, 1.165) is 56.2 Å². The predicted molar refractivity (Wildman–Crippen MR) is 131 cm³/mol. The average Bonchev–Trinajstić information content (AvgIpc) is 3.30. The Balaban J connectivity index is 1.21. The van der Waals surface area contributed by atoms with Gasteiger partial charge in [-0.05, 0) is 55.7 Å². The SMILES string of the molecule is CN=C(NCCc1ccn(-c2ccc(F)cc2)n1)NC1CCN(Cc2ccccc2)C(C)C1. The molecule has 1 saturated heterocycles. The maximum Gasteiger partial charge on any atom is 0.191 e. The summed E-state index contributed by atoms with van der Waals surface area (Å²) in [7, 11) is 1.81. The number of rotatable bonds is 7. The molecule has 0 saturated carbocycles. The normalized spacial score (nSPS) is 19.4. The number of aliphatic imine (C=N–C) groups is 1. The molecule has 0 spiro atoms. The van der Waals surface area contributed by atoms with E-state index in [1.165, 1.54) is 17.7 Å². The van der Waals surface area contributed by atoms with Crippen molar-refractivity contribution < 1.29 is 4.39 Å². The number of likely N-dealkylation sites (tertiary alicyclic amines) is 1. The van der Waals surface area contributed by atoms with Crippen LogP contribution in [0.25, 0.3) is 5.69 Å². The molecule has 1 aliphatic rings. The number of halogens is 1. The lowest BCUT2D eigenvalue weighted by molar-refractivity contribution is 0.134. The zero-order valence-corrected chi connectivity index (χ0v) is 19.4. The van der Waals surface area contributed by atoms with Crippen molar-refractivity contribution in [3.8, 4) is 5.69 Å². The fourth-order valence-electron chi connectivity index (χ4n) is 4.33. The van der Waals surface area contributed by atoms with Crippen molar-refractivity contribution in [1.29, 1.82) is 0 Å². The highest BCUT2D eigenvalue weighted by Gasteiger charge is 2.25. The number of nitrogens with one attached hydrogen (secondary N) is 2. The summed E-state index contributed by atoms with van der Waals surface area (Å²) in [6, 6.07) is 19.9. The van der Waals surface area contributed by atoms with E-state index in [9.17, 15) is 4.39 Å². The Morgan fingerprint density at radius 2 is 1.91 bits per heavy atom. The van der Waals surface area contributed by atoms with Crippen molar-refractivity contribution in [3.05, 3.63) is 83.9 Å². The number of nitrogens with zero attached hydrogens (tertiary/aromatic N) is 4. The quantitative estimate of drug-likeness (QED) is 0.427. The van der Waals surface area contributed by atoms with Crippen molar-refractivity contribution in [3.63, 3.8) is 0 Å². The lowest BCUT2D eigenvalue weighted by atomic mass is 9.97. The summed E-state index contributed by atoms with van der Waals surface area (Å²) in [5, 5.41) is 11.6. The van der Waals surface area contributed by atoms with Crippen LogP contribution >= 0.6 is 0 Å². The van der Waals surface area contributed by atoms with Gasteiger partial charge in [0.25, 0.3) is 0 Å². The zero-order chi connectivity index (χ0) is 23.0. The first-order valence-corrected chi connectivity index (χ1v) is 11.7. The fraction of sp³-hybridized carbons (Fsp3) is 0.385. The molecule has 2 N–H and O–H groups in total. The average molecular weight is 449 g/mol. The summed E-state index contributed by atoms with van der Waals surface area (Å²) in [5.41, 5.74) is 3.20. The van der Waals surface area contributed by atoms with E-state index in [1.807, 2.05) is 19.3 Å². The second-order valence-electron chi connectivity index (χ2n) is 8.65. The Bertz CT molecular complexity index is 1030. The number of piperidine rings is 1. The molecule has 33 heavy (non-hydrogen) atoms. The van der Waals surface area contributed by atoms with Crippen LogP contribution in [-0.4, -0.2) is 52.9 Å². The summed E-state index contributed by atoms with van der Waals surface area (Å²) in [6.45, 7) is 5.13. The molecule has 4 rings (SSSR count). The number of guanidine groups is 1. The molecule has 2 aromatic carbocycles. The first-order chi connectivity index (χ1) is 16.1. The van der Waals surface area contributed by atoms with E-state index in [0.29, 0.717) is 12.1 Å². The third kappa shape index (κ3) is 6.42. The van der Waals surface area contributed by atoms with Gasteiger partial charge in [-0.1, -0.05) is 30.3 Å². The Kier molecular flexibility index (Phi) is 7.73. The standard InChI is InChI=1S/C26H33FN6/c1-20-18-24(13-16-32(20)19-21-6-4-3-5-7-21)30-26(28-2)29-15-12-23-14-17-33(31-23)25-10-8-22(27)9-11-25/h3-11,14,17,20,24H,12-13,15-16,18-19H2,1-2H3,(H2,28,29,30). The summed E-state index contributed by atoms with van der Waals surface area (Å²) in [6.07, 6.45) is 4.87. The molecule has 2 atom stereocenters. The second-order valence-corrected chi connectivity index (χ2v) is 8.65. The smallest absolute Gasteiger partial charge is 0.191 e. The molecule has 2 heterocycles. The first kappa shape index (κ1) is 23.0. The molecule has 0 amide bonds. The van der Waals surface area contributed by atoms with Crippen molar-refractivity contribution in [2.75, 3.05) is 20.1 Å². The molecule has 1 fully saturated rings. The van der Waals surface area contributed by atoms with Gasteiger partial charge in [0.15, 0.2) is 5.96 Å². The van der Waals surface area contributed by atoms with Crippen LogP contribution in [0.4, 0.5) is 4.39 Å². The molecule has 3 aromatic rings. The van der Waals surface area contributed by atoms with Gasteiger partial charge in [0.2, 0.25) is 0 Å². The molecule has 0 radical (unpaired) electrons. The van der Waals surface area contributed by atoms with Crippen LogP contribution in [0.5, 0.6) is 0 Å². The van der Waals surface area contributed by atoms with Crippen molar-refractivity contribution in [2.45, 2.75) is 44.8 Å². The maximum atomic E-state index is 13.1. The lowest BCUT2D eigenvalue weighted by Gasteiger charge is -2.38. The largest absolute Gasteiger partial charge is 0.356 e. The van der Waals surface area contributed by atoms with Crippen LogP contribution in [-0.2, 0) is 13.0 Å². The van der Waals surface area contributed by atoms with Gasteiger partial charge < -0.3 is 10.6 Å². The van der Waals surface area contributed by atoms with Gasteiger partial charge in [-0.25, -0.2) is 9.07 Å². The minimum atomic E-state index is -0.245. The topological polar surface area (TPSA) is 57.5 Å². The van der Waals surface area contributed by atoms with E-state index in [1.54, 1.807) is 16.8 Å². The maximum absolute atomic E-state index is 13.1. The number of aromatic nitrogens is 2. The molecule has 7 heteroatoms. The Morgan fingerprint density at radius 1 is 1.12 bits per heavy atom. The minimum Gasteiger partial charge on any atom is -0.356 e. The predicted octanol–water partition coefficient (Wildman–Crippen LogP) is 3.77. The monoisotopic (exact) mass is 448 g/mol. The second kappa shape index (κ2) is 11.1. The summed E-state index contributed by atoms with van der Waals surface area (Å²) >= 11 is 0. The van der Waals surface area contributed by atoms with Crippen molar-refractivity contribution in [1.82, 2.24) is 25.3 Å². The highest BCUT2D eigenvalue weighted by atomic mass is 19.1. The molecular weight excluding hydrogens is 415 g/mol. The molecule has 6 nitrogen and oxygen atoms in total. The van der Waals surface area contributed by atoms with E-state index in [-0.39, 0.29) is 5.82 Å². The molecule has 174 valence electrons. The molecule has 1 aliphatic heterocycles. The molecule has 0 aliphatic carbocycles. The number of benzene rings is 2. The highest BCUT2D eigenvalue weighted by molar-refractivity contribution is 5.79. The third-order valence-electron chi connectivity index (χ3n) is 6.22. The van der Waals surface area contributed by atoms with E-state index < -0.39 is 0 Å². The van der Waals surface area contributed by atoms with Gasteiger partial charge in [0.05, 0.1) is 11.4 Å². The molecule has 2 unspecified atom stereocenters. The highest BCUT2D eigenvalue weighted by Crippen LogP contribution is 2.20. The van der Waals surface area contributed by atoms with Crippen LogP contribution in [0, 0.1) is 5.82 Å². The Labute approximate surface area is 195 Å². The van der Waals surface area contributed by atoms with Crippen LogP contribution in [0.1, 0.15) is 31.0 Å². The third-order valence-corrected chi connectivity index (χ3v) is 6.22. The first-order valence-electron chi connectivity index (χ1n) is 11.7.